The van der Waals surface area contributed by atoms with E-state index in [1.54, 1.807) is 25.1 Å². The van der Waals surface area contributed by atoms with Gasteiger partial charge in [0.25, 0.3) is 0 Å². The zero-order chi connectivity index (χ0) is 17.1. The van der Waals surface area contributed by atoms with E-state index < -0.39 is 11.9 Å². The number of hydrogen-bond donors (Lipinski definition) is 1. The van der Waals surface area contributed by atoms with Gasteiger partial charge < -0.3 is 15.2 Å². The molecule has 2 rings (SSSR count). The Hall–Kier alpha value is -2.16. The highest BCUT2D eigenvalue weighted by atomic mass is 35.5. The number of hydrogen-bond acceptors (Lipinski definition) is 5. The maximum atomic E-state index is 12.3. The number of benzene rings is 1. The van der Waals surface area contributed by atoms with Crippen LogP contribution in [-0.2, 0) is 14.3 Å². The SMILES string of the molecule is CCC1=C(C(=O)OC)C(c2cccc(Cl)c2Cl)C(C#N)=C(N)O1. The van der Waals surface area contributed by atoms with Crippen LogP contribution in [-0.4, -0.2) is 13.1 Å². The lowest BCUT2D eigenvalue weighted by Crippen LogP contribution is -2.25. The van der Waals surface area contributed by atoms with Crippen molar-refractivity contribution in [2.45, 2.75) is 19.3 Å². The zero-order valence-corrected chi connectivity index (χ0v) is 14.0. The molecule has 0 bridgehead atoms. The highest BCUT2D eigenvalue weighted by Gasteiger charge is 2.38. The topological polar surface area (TPSA) is 85.3 Å². The molecule has 1 aromatic rings. The van der Waals surface area contributed by atoms with Gasteiger partial charge in [-0.25, -0.2) is 4.79 Å². The molecule has 0 aromatic heterocycles. The summed E-state index contributed by atoms with van der Waals surface area (Å²) in [6, 6.07) is 6.98. The van der Waals surface area contributed by atoms with Crippen molar-refractivity contribution >= 4 is 29.2 Å². The van der Waals surface area contributed by atoms with Crippen LogP contribution in [0.2, 0.25) is 10.0 Å². The minimum absolute atomic E-state index is 0.0574. The van der Waals surface area contributed by atoms with Gasteiger partial charge in [-0.15, -0.1) is 0 Å². The van der Waals surface area contributed by atoms with Gasteiger partial charge in [-0.2, -0.15) is 5.26 Å². The molecule has 0 amide bonds. The molecule has 23 heavy (non-hydrogen) atoms. The van der Waals surface area contributed by atoms with E-state index in [1.807, 2.05) is 6.07 Å². The van der Waals surface area contributed by atoms with E-state index in [9.17, 15) is 10.1 Å². The molecule has 0 saturated heterocycles. The summed E-state index contributed by atoms with van der Waals surface area (Å²) < 4.78 is 10.3. The second-order valence-electron chi connectivity index (χ2n) is 4.75. The number of rotatable bonds is 3. The van der Waals surface area contributed by atoms with Crippen LogP contribution >= 0.6 is 23.2 Å². The van der Waals surface area contributed by atoms with Gasteiger partial charge in [0.15, 0.2) is 0 Å². The predicted octanol–water partition coefficient (Wildman–Crippen LogP) is 3.64. The van der Waals surface area contributed by atoms with E-state index in [1.165, 1.54) is 7.11 Å². The quantitative estimate of drug-likeness (QED) is 0.839. The number of allylic oxidation sites excluding steroid dienone is 2. The lowest BCUT2D eigenvalue weighted by molar-refractivity contribution is -0.136. The molecule has 0 spiro atoms. The van der Waals surface area contributed by atoms with Crippen molar-refractivity contribution in [3.05, 3.63) is 56.6 Å². The Morgan fingerprint density at radius 1 is 1.48 bits per heavy atom. The fourth-order valence-electron chi connectivity index (χ4n) is 2.47. The van der Waals surface area contributed by atoms with Gasteiger partial charge >= 0.3 is 5.97 Å². The van der Waals surface area contributed by atoms with E-state index in [0.717, 1.165) is 0 Å². The Labute approximate surface area is 143 Å². The molecule has 0 radical (unpaired) electrons. The van der Waals surface area contributed by atoms with Gasteiger partial charge in [-0.1, -0.05) is 42.3 Å². The predicted molar refractivity (Wildman–Crippen MR) is 86.4 cm³/mol. The van der Waals surface area contributed by atoms with Gasteiger partial charge in [0.1, 0.15) is 17.4 Å². The monoisotopic (exact) mass is 352 g/mol. The smallest absolute Gasteiger partial charge is 0.338 e. The highest BCUT2D eigenvalue weighted by molar-refractivity contribution is 6.42. The Kier molecular flexibility index (Phi) is 5.19. The second kappa shape index (κ2) is 6.95. The van der Waals surface area contributed by atoms with Crippen LogP contribution < -0.4 is 5.73 Å². The van der Waals surface area contributed by atoms with Gasteiger partial charge in [0.2, 0.25) is 5.88 Å². The minimum Gasteiger partial charge on any atom is -0.466 e. The van der Waals surface area contributed by atoms with Crippen molar-refractivity contribution in [3.63, 3.8) is 0 Å². The second-order valence-corrected chi connectivity index (χ2v) is 5.54. The summed E-state index contributed by atoms with van der Waals surface area (Å²) in [5, 5.41) is 10.0. The minimum atomic E-state index is -0.789. The van der Waals surface area contributed by atoms with Crippen molar-refractivity contribution in [2.75, 3.05) is 7.11 Å². The molecule has 5 nitrogen and oxygen atoms in total. The number of carbonyl (C=O) groups is 1. The van der Waals surface area contributed by atoms with Gasteiger partial charge in [0, 0.05) is 6.42 Å². The molecular formula is C16H14Cl2N2O3. The molecule has 1 aliphatic heterocycles. The van der Waals surface area contributed by atoms with Crippen LogP contribution in [0.4, 0.5) is 0 Å². The first-order valence-electron chi connectivity index (χ1n) is 6.79. The average molecular weight is 353 g/mol. The summed E-state index contributed by atoms with van der Waals surface area (Å²) in [7, 11) is 1.26. The summed E-state index contributed by atoms with van der Waals surface area (Å²) in [4.78, 5) is 12.3. The maximum Gasteiger partial charge on any atom is 0.338 e. The average Bonchev–Trinajstić information content (AvgIpc) is 2.55. The summed E-state index contributed by atoms with van der Waals surface area (Å²) >= 11 is 12.3. The number of methoxy groups -OCH3 is 1. The molecule has 2 N–H and O–H groups in total. The van der Waals surface area contributed by atoms with Crippen molar-refractivity contribution in [3.8, 4) is 6.07 Å². The van der Waals surface area contributed by atoms with Crippen LogP contribution in [0.3, 0.4) is 0 Å². The molecule has 7 heteroatoms. The third-order valence-corrected chi connectivity index (χ3v) is 4.35. The molecular weight excluding hydrogens is 339 g/mol. The molecule has 1 aliphatic rings. The van der Waals surface area contributed by atoms with E-state index in [-0.39, 0.29) is 22.1 Å². The van der Waals surface area contributed by atoms with Crippen LogP contribution in [0.15, 0.2) is 41.0 Å². The Morgan fingerprint density at radius 2 is 2.17 bits per heavy atom. The van der Waals surface area contributed by atoms with Crippen molar-refractivity contribution in [1.82, 2.24) is 0 Å². The Bertz CT molecular complexity index is 763. The summed E-state index contributed by atoms with van der Waals surface area (Å²) in [6.45, 7) is 1.81. The van der Waals surface area contributed by atoms with E-state index in [0.29, 0.717) is 22.8 Å². The van der Waals surface area contributed by atoms with Crippen LogP contribution in [0, 0.1) is 11.3 Å². The maximum absolute atomic E-state index is 12.3. The summed E-state index contributed by atoms with van der Waals surface area (Å²) in [5.74, 6) is -1.11. The highest BCUT2D eigenvalue weighted by Crippen LogP contribution is 2.44. The first-order valence-corrected chi connectivity index (χ1v) is 7.54. The number of esters is 1. The molecule has 0 fully saturated rings. The number of halogens is 2. The summed E-state index contributed by atoms with van der Waals surface area (Å²) in [6.07, 6.45) is 0.401. The van der Waals surface area contributed by atoms with Crippen LogP contribution in [0.5, 0.6) is 0 Å². The van der Waals surface area contributed by atoms with E-state index in [2.05, 4.69) is 0 Å². The van der Waals surface area contributed by atoms with Crippen molar-refractivity contribution in [1.29, 1.82) is 5.26 Å². The number of carbonyl (C=O) groups excluding carboxylic acids is 1. The van der Waals surface area contributed by atoms with Gasteiger partial charge in [-0.05, 0) is 11.6 Å². The molecule has 1 heterocycles. The van der Waals surface area contributed by atoms with Crippen molar-refractivity contribution < 1.29 is 14.3 Å². The standard InChI is InChI=1S/C16H14Cl2N2O3/c1-3-11-13(16(21)22-2)12(9(7-19)15(20)23-11)8-5-4-6-10(17)14(8)18/h4-6,12H,3,20H2,1-2H3. The van der Waals surface area contributed by atoms with Crippen LogP contribution in [0.1, 0.15) is 24.8 Å². The zero-order valence-electron chi connectivity index (χ0n) is 12.5. The largest absolute Gasteiger partial charge is 0.466 e. The molecule has 0 aliphatic carbocycles. The third kappa shape index (κ3) is 3.00. The lowest BCUT2D eigenvalue weighted by atomic mass is 9.82. The normalized spacial score (nSPS) is 17.6. The van der Waals surface area contributed by atoms with Crippen LogP contribution in [0.25, 0.3) is 0 Å². The third-order valence-electron chi connectivity index (χ3n) is 3.52. The fraction of sp³-hybridized carbons (Fsp3) is 0.250. The molecule has 1 aromatic carbocycles. The van der Waals surface area contributed by atoms with Gasteiger partial charge in [0.05, 0.1) is 28.6 Å². The molecule has 1 unspecified atom stereocenters. The molecule has 1 atom stereocenters. The number of ether oxygens (including phenoxy) is 2. The molecule has 120 valence electrons. The number of nitriles is 1. The first-order chi connectivity index (χ1) is 11.0. The first kappa shape index (κ1) is 17.2. The van der Waals surface area contributed by atoms with Gasteiger partial charge in [-0.3, -0.25) is 0 Å². The molecule has 0 saturated carbocycles. The Balaban J connectivity index is 2.77. The number of nitrogens with two attached hydrogens (primary N) is 1. The summed E-state index contributed by atoms with van der Waals surface area (Å²) in [5.41, 5.74) is 6.63. The lowest BCUT2D eigenvalue weighted by Gasteiger charge is -2.28. The van der Waals surface area contributed by atoms with E-state index >= 15 is 0 Å². The van der Waals surface area contributed by atoms with Crippen molar-refractivity contribution in [2.24, 2.45) is 5.73 Å². The fourth-order valence-corrected chi connectivity index (χ4v) is 2.89. The number of nitrogens with zero attached hydrogens (tertiary/aromatic N) is 1. The Morgan fingerprint density at radius 3 is 2.74 bits per heavy atom. The van der Waals surface area contributed by atoms with E-state index in [4.69, 9.17) is 38.4 Å².